The highest BCUT2D eigenvalue weighted by atomic mass is 35.5. The fraction of sp³-hybridized carbons (Fsp3) is 0.364. The molecule has 14 heteroatoms. The SMILES string of the molecule is COc1cc2c(Nc3cc(C(F)(F)F)ccc3Cl)ncnc2cc1C(O)[C@@H](F)[C@H](O)[C@@H](O)[C@H](O)CO. The molecule has 0 aliphatic rings. The van der Waals surface area contributed by atoms with Gasteiger partial charge in [0.25, 0.3) is 0 Å². The number of aromatic nitrogens is 2. The molecule has 0 fully saturated rings. The Hall–Kier alpha value is -2.81. The van der Waals surface area contributed by atoms with Crippen LogP contribution in [0.4, 0.5) is 29.1 Å². The van der Waals surface area contributed by atoms with E-state index in [0.717, 1.165) is 24.5 Å². The van der Waals surface area contributed by atoms with E-state index >= 15 is 0 Å². The summed E-state index contributed by atoms with van der Waals surface area (Å²) >= 11 is 6.05. The fourth-order valence-corrected chi connectivity index (χ4v) is 3.58. The molecule has 0 aliphatic carbocycles. The number of nitrogens with one attached hydrogen (secondary N) is 1. The van der Waals surface area contributed by atoms with Crippen LogP contribution in [-0.2, 0) is 6.18 Å². The van der Waals surface area contributed by atoms with E-state index in [2.05, 4.69) is 15.3 Å². The van der Waals surface area contributed by atoms with Crippen LogP contribution < -0.4 is 10.1 Å². The molecule has 0 bridgehead atoms. The highest BCUT2D eigenvalue weighted by Gasteiger charge is 2.37. The van der Waals surface area contributed by atoms with Crippen molar-refractivity contribution in [1.82, 2.24) is 9.97 Å². The Morgan fingerprint density at radius 3 is 2.36 bits per heavy atom. The molecule has 36 heavy (non-hydrogen) atoms. The number of anilines is 2. The van der Waals surface area contributed by atoms with Gasteiger partial charge in [-0.15, -0.1) is 0 Å². The summed E-state index contributed by atoms with van der Waals surface area (Å²) in [7, 11) is 1.20. The lowest BCUT2D eigenvalue weighted by Gasteiger charge is -2.27. The van der Waals surface area contributed by atoms with Crippen molar-refractivity contribution in [2.45, 2.75) is 36.8 Å². The zero-order valence-electron chi connectivity index (χ0n) is 18.5. The van der Waals surface area contributed by atoms with Gasteiger partial charge in [0.2, 0.25) is 0 Å². The summed E-state index contributed by atoms with van der Waals surface area (Å²) in [5, 5.41) is 51.5. The van der Waals surface area contributed by atoms with E-state index in [9.17, 15) is 38.0 Å². The molecule has 1 unspecified atom stereocenters. The molecule has 0 aliphatic heterocycles. The molecule has 2 aromatic carbocycles. The Labute approximate surface area is 206 Å². The monoisotopic (exact) mass is 535 g/mol. The van der Waals surface area contributed by atoms with Crippen LogP contribution in [0, 0.1) is 0 Å². The number of rotatable bonds is 9. The number of aliphatic hydroxyl groups is 5. The topological polar surface area (TPSA) is 148 Å². The Morgan fingerprint density at radius 2 is 1.75 bits per heavy atom. The summed E-state index contributed by atoms with van der Waals surface area (Å²) in [6.45, 7) is -0.955. The van der Waals surface area contributed by atoms with Crippen molar-refractivity contribution < 1.29 is 47.8 Å². The fourth-order valence-electron chi connectivity index (χ4n) is 3.41. The number of hydrogen-bond acceptors (Lipinski definition) is 9. The third-order valence-corrected chi connectivity index (χ3v) is 5.74. The van der Waals surface area contributed by atoms with Crippen LogP contribution in [-0.4, -0.2) is 73.7 Å². The number of halogens is 5. The lowest BCUT2D eigenvalue weighted by atomic mass is 9.95. The molecule has 0 saturated carbocycles. The standard InChI is InChI=1S/C22H22ClF4N3O6/c1-36-16-6-10-13(5-11(16)18(33)17(24)20(35)19(34)15(32)7-31)28-8-29-21(10)30-14-4-9(22(25,26)27)2-3-12(14)23/h2-6,8,15,17-20,31-35H,7H2,1H3,(H,28,29,30)/t15-,17-,18?,19+,20+/m1/s1. The van der Waals surface area contributed by atoms with Crippen LogP contribution in [0.1, 0.15) is 17.2 Å². The molecule has 0 amide bonds. The van der Waals surface area contributed by atoms with Gasteiger partial charge in [-0.1, -0.05) is 11.6 Å². The maximum Gasteiger partial charge on any atom is 0.416 e. The summed E-state index contributed by atoms with van der Waals surface area (Å²) in [4.78, 5) is 8.05. The predicted molar refractivity (Wildman–Crippen MR) is 121 cm³/mol. The van der Waals surface area contributed by atoms with Gasteiger partial charge in [-0.25, -0.2) is 14.4 Å². The van der Waals surface area contributed by atoms with Crippen molar-refractivity contribution in [3.05, 3.63) is 52.8 Å². The second kappa shape index (κ2) is 11.1. The summed E-state index contributed by atoms with van der Waals surface area (Å²) in [5.41, 5.74) is -1.12. The van der Waals surface area contributed by atoms with Crippen molar-refractivity contribution >= 4 is 34.0 Å². The summed E-state index contributed by atoms with van der Waals surface area (Å²) in [5.74, 6) is -0.0751. The van der Waals surface area contributed by atoms with Gasteiger partial charge in [0.1, 0.15) is 42.3 Å². The Bertz CT molecular complexity index is 1220. The Balaban J connectivity index is 2.00. The predicted octanol–water partition coefficient (Wildman–Crippen LogP) is 2.50. The molecule has 1 heterocycles. The van der Waals surface area contributed by atoms with Crippen LogP contribution in [0.15, 0.2) is 36.7 Å². The van der Waals surface area contributed by atoms with E-state index in [-0.39, 0.29) is 38.7 Å². The molecule has 0 radical (unpaired) electrons. The molecular weight excluding hydrogens is 514 g/mol. The number of aliphatic hydroxyl groups excluding tert-OH is 5. The average Bonchev–Trinajstić information content (AvgIpc) is 2.86. The van der Waals surface area contributed by atoms with E-state index in [0.29, 0.717) is 0 Å². The van der Waals surface area contributed by atoms with Crippen molar-refractivity contribution in [1.29, 1.82) is 0 Å². The van der Waals surface area contributed by atoms with Crippen molar-refractivity contribution in [2.75, 3.05) is 19.0 Å². The van der Waals surface area contributed by atoms with Crippen molar-refractivity contribution in [3.8, 4) is 5.75 Å². The smallest absolute Gasteiger partial charge is 0.416 e. The molecule has 6 N–H and O–H groups in total. The first kappa shape index (κ1) is 27.8. The van der Waals surface area contributed by atoms with Gasteiger partial charge in [0.05, 0.1) is 35.5 Å². The van der Waals surface area contributed by atoms with Gasteiger partial charge in [-0.3, -0.25) is 0 Å². The lowest BCUT2D eigenvalue weighted by Crippen LogP contribution is -2.46. The number of nitrogens with zero attached hydrogens (tertiary/aromatic N) is 2. The molecule has 3 aromatic rings. The number of benzene rings is 2. The van der Waals surface area contributed by atoms with E-state index in [1.54, 1.807) is 0 Å². The molecule has 0 spiro atoms. The van der Waals surface area contributed by atoms with Gasteiger partial charge in [0, 0.05) is 10.9 Å². The third kappa shape index (κ3) is 5.77. The van der Waals surface area contributed by atoms with Gasteiger partial charge in [0.15, 0.2) is 6.17 Å². The first-order valence-corrected chi connectivity index (χ1v) is 10.7. The largest absolute Gasteiger partial charge is 0.496 e. The van der Waals surface area contributed by atoms with Crippen molar-refractivity contribution in [3.63, 3.8) is 0 Å². The first-order chi connectivity index (χ1) is 16.9. The minimum atomic E-state index is -4.61. The molecule has 9 nitrogen and oxygen atoms in total. The zero-order chi connectivity index (χ0) is 26.8. The molecular formula is C22H22ClF4N3O6. The van der Waals surface area contributed by atoms with Gasteiger partial charge < -0.3 is 35.6 Å². The molecule has 196 valence electrons. The maximum atomic E-state index is 14.8. The minimum Gasteiger partial charge on any atom is -0.496 e. The van der Waals surface area contributed by atoms with E-state index < -0.39 is 48.9 Å². The number of hydrogen-bond donors (Lipinski definition) is 6. The number of methoxy groups -OCH3 is 1. The third-order valence-electron chi connectivity index (χ3n) is 5.41. The highest BCUT2D eigenvalue weighted by Crippen LogP contribution is 2.38. The second-order valence-corrected chi connectivity index (χ2v) is 8.18. The van der Waals surface area contributed by atoms with E-state index in [4.69, 9.17) is 21.4 Å². The Morgan fingerprint density at radius 1 is 1.06 bits per heavy atom. The molecule has 1 aromatic heterocycles. The van der Waals surface area contributed by atoms with Gasteiger partial charge in [-0.2, -0.15) is 13.2 Å². The van der Waals surface area contributed by atoms with Crippen LogP contribution in [0.3, 0.4) is 0 Å². The first-order valence-electron chi connectivity index (χ1n) is 10.3. The number of ether oxygens (including phenoxy) is 1. The van der Waals surface area contributed by atoms with E-state index in [1.807, 2.05) is 0 Å². The van der Waals surface area contributed by atoms with Crippen LogP contribution in [0.2, 0.25) is 5.02 Å². The average molecular weight is 536 g/mol. The van der Waals surface area contributed by atoms with Gasteiger partial charge in [-0.05, 0) is 30.3 Å². The van der Waals surface area contributed by atoms with Crippen molar-refractivity contribution in [2.24, 2.45) is 0 Å². The van der Waals surface area contributed by atoms with Crippen LogP contribution in [0.5, 0.6) is 5.75 Å². The van der Waals surface area contributed by atoms with E-state index in [1.165, 1.54) is 19.2 Å². The molecule has 0 saturated heterocycles. The minimum absolute atomic E-state index is 0.0216. The zero-order valence-corrected chi connectivity index (χ0v) is 19.2. The van der Waals surface area contributed by atoms with Gasteiger partial charge >= 0.3 is 6.18 Å². The Kier molecular flexibility index (Phi) is 8.54. The molecule has 5 atom stereocenters. The number of fused-ring (bicyclic) bond motifs is 1. The summed E-state index contributed by atoms with van der Waals surface area (Å²) in [6, 6.07) is 5.18. The maximum absolute atomic E-state index is 14.8. The lowest BCUT2D eigenvalue weighted by molar-refractivity contribution is -0.137. The van der Waals surface area contributed by atoms with Crippen LogP contribution >= 0.6 is 11.6 Å². The normalized spacial score (nSPS) is 16.3. The summed E-state index contributed by atoms with van der Waals surface area (Å²) in [6.07, 6.45) is -14.3. The summed E-state index contributed by atoms with van der Waals surface area (Å²) < 4.78 is 59.4. The van der Waals surface area contributed by atoms with Crippen LogP contribution in [0.25, 0.3) is 10.9 Å². The number of alkyl halides is 4. The second-order valence-electron chi connectivity index (χ2n) is 7.77. The quantitative estimate of drug-likeness (QED) is 0.227. The molecule has 3 rings (SSSR count). The highest BCUT2D eigenvalue weighted by molar-refractivity contribution is 6.33.